The SMILES string of the molecule is CC(C)(OC(=O)Nc1ccc2c(c1)N(S(=O)(=O)c1cccc(S(F)(F)(F)(F)F)c1)C[C@H](CNS(=O)(=O)C1CC1)O2)C(F)(F)F. The number of ether oxygens (including phenoxy) is 2. The second kappa shape index (κ2) is 9.98. The molecule has 2 aromatic rings. The van der Waals surface area contributed by atoms with Crippen molar-refractivity contribution >= 4 is 47.7 Å². The number of hydrogen-bond donors (Lipinski definition) is 2. The van der Waals surface area contributed by atoms with Crippen LogP contribution in [-0.2, 0) is 24.8 Å². The Bertz CT molecular complexity index is 1700. The lowest BCUT2D eigenvalue weighted by Gasteiger charge is -2.41. The molecule has 10 nitrogen and oxygen atoms in total. The molecule has 1 amide bonds. The summed E-state index contributed by atoms with van der Waals surface area (Å²) < 4.78 is 171. The van der Waals surface area contributed by atoms with Crippen LogP contribution in [0.5, 0.6) is 5.75 Å². The number of nitrogens with zero attached hydrogens (tertiary/aromatic N) is 1. The van der Waals surface area contributed by atoms with Crippen LogP contribution in [0.1, 0.15) is 26.7 Å². The Kier molecular flexibility index (Phi) is 7.68. The highest BCUT2D eigenvalue weighted by atomic mass is 32.5. The van der Waals surface area contributed by atoms with Crippen LogP contribution >= 0.6 is 10.2 Å². The normalized spacial score (nSPS) is 19.7. The largest absolute Gasteiger partial charge is 0.485 e. The van der Waals surface area contributed by atoms with Gasteiger partial charge in [0.15, 0.2) is 0 Å². The standard InChI is InChI=1S/C23H25F8N3O7S3/c1-22(2,23(24,25)26)41-21(35)33-14-6-9-20-19(10-14)34(13-15(40-20)12-32-42(36,37)16-7-8-16)43(38,39)17-4-3-5-18(11-17)44(27,28,29,30)31/h3-6,9-11,15-16,32H,7-8,12-13H2,1-2H3,(H,33,35)/t15-/m0/s1. The van der Waals surface area contributed by atoms with E-state index in [0.717, 1.165) is 18.2 Å². The van der Waals surface area contributed by atoms with Crippen molar-refractivity contribution < 1.29 is 63.7 Å². The van der Waals surface area contributed by atoms with Crippen molar-refractivity contribution in [3.63, 3.8) is 0 Å². The molecule has 248 valence electrons. The monoisotopic (exact) mass is 703 g/mol. The van der Waals surface area contributed by atoms with Gasteiger partial charge in [0.25, 0.3) is 10.0 Å². The minimum Gasteiger partial charge on any atom is -0.485 e. The summed E-state index contributed by atoms with van der Waals surface area (Å²) in [5.41, 5.74) is -3.74. The summed E-state index contributed by atoms with van der Waals surface area (Å²) >= 11 is 0. The van der Waals surface area contributed by atoms with Crippen LogP contribution in [0.3, 0.4) is 0 Å². The topological polar surface area (TPSA) is 131 Å². The summed E-state index contributed by atoms with van der Waals surface area (Å²) in [5.74, 6) is -0.297. The molecule has 0 unspecified atom stereocenters. The number of carbonyl (C=O) groups is 1. The molecule has 2 aliphatic rings. The highest BCUT2D eigenvalue weighted by Gasteiger charge is 2.65. The Hall–Kier alpha value is -3.04. The van der Waals surface area contributed by atoms with Gasteiger partial charge in [-0.05, 0) is 63.1 Å². The Morgan fingerprint density at radius 1 is 1.02 bits per heavy atom. The van der Waals surface area contributed by atoms with Gasteiger partial charge in [-0.3, -0.25) is 9.62 Å². The van der Waals surface area contributed by atoms with Crippen LogP contribution in [-0.4, -0.2) is 59.1 Å². The molecule has 21 heteroatoms. The second-order valence-corrected chi connectivity index (χ2v) is 16.8. The van der Waals surface area contributed by atoms with Gasteiger partial charge in [-0.25, -0.2) is 26.4 Å². The van der Waals surface area contributed by atoms with Gasteiger partial charge < -0.3 is 9.47 Å². The molecule has 1 atom stereocenters. The number of alkyl halides is 3. The van der Waals surface area contributed by atoms with Gasteiger partial charge in [0, 0.05) is 12.2 Å². The molecule has 1 aliphatic heterocycles. The van der Waals surface area contributed by atoms with E-state index >= 15 is 0 Å². The van der Waals surface area contributed by atoms with Crippen LogP contribution in [0, 0.1) is 0 Å². The van der Waals surface area contributed by atoms with Crippen LogP contribution in [0.4, 0.5) is 48.8 Å². The van der Waals surface area contributed by atoms with Gasteiger partial charge in [-0.1, -0.05) is 25.5 Å². The zero-order valence-electron chi connectivity index (χ0n) is 22.6. The summed E-state index contributed by atoms with van der Waals surface area (Å²) in [6.45, 7) is -0.105. The van der Waals surface area contributed by atoms with Crippen molar-refractivity contribution in [2.45, 2.75) is 59.6 Å². The number of halogens is 8. The van der Waals surface area contributed by atoms with Crippen molar-refractivity contribution in [1.82, 2.24) is 4.72 Å². The van der Waals surface area contributed by atoms with E-state index in [9.17, 15) is 54.2 Å². The number of fused-ring (bicyclic) bond motifs is 1. The summed E-state index contributed by atoms with van der Waals surface area (Å²) in [7, 11) is -19.3. The maximum absolute atomic E-state index is 13.6. The van der Waals surface area contributed by atoms with Crippen molar-refractivity contribution in [2.24, 2.45) is 0 Å². The van der Waals surface area contributed by atoms with Gasteiger partial charge in [-0.15, -0.1) is 0 Å². The van der Waals surface area contributed by atoms with Crippen LogP contribution in [0.25, 0.3) is 0 Å². The number of amides is 1. The Morgan fingerprint density at radius 2 is 1.66 bits per heavy atom. The highest BCUT2D eigenvalue weighted by Crippen LogP contribution is 3.02. The third-order valence-electron chi connectivity index (χ3n) is 6.48. The number of benzene rings is 2. The fourth-order valence-corrected chi connectivity index (χ4v) is 7.58. The van der Waals surface area contributed by atoms with E-state index in [1.54, 1.807) is 0 Å². The minimum absolute atomic E-state index is 0.000620. The lowest BCUT2D eigenvalue weighted by molar-refractivity contribution is -0.242. The van der Waals surface area contributed by atoms with E-state index in [-0.39, 0.29) is 23.6 Å². The lowest BCUT2D eigenvalue weighted by atomic mass is 10.1. The van der Waals surface area contributed by atoms with Gasteiger partial charge in [-0.2, -0.15) is 13.2 Å². The van der Waals surface area contributed by atoms with E-state index < -0.39 is 88.1 Å². The first-order chi connectivity index (χ1) is 19.7. The molecule has 2 N–H and O–H groups in total. The van der Waals surface area contributed by atoms with E-state index in [0.29, 0.717) is 43.1 Å². The lowest BCUT2D eigenvalue weighted by Crippen LogP contribution is -2.48. The second-order valence-electron chi connectivity index (χ2n) is 10.5. The molecular weight excluding hydrogens is 678 g/mol. The molecule has 1 fully saturated rings. The van der Waals surface area contributed by atoms with Gasteiger partial charge in [0.05, 0.1) is 22.4 Å². The van der Waals surface area contributed by atoms with Crippen molar-refractivity contribution in [1.29, 1.82) is 0 Å². The first kappa shape index (κ1) is 33.8. The molecule has 0 aromatic heterocycles. The number of nitrogens with one attached hydrogen (secondary N) is 2. The summed E-state index contributed by atoms with van der Waals surface area (Å²) in [5, 5.41) is 1.31. The molecule has 2 aromatic carbocycles. The number of carbonyl (C=O) groups excluding carboxylic acids is 1. The number of sulfonamides is 2. The summed E-state index contributed by atoms with van der Waals surface area (Å²) in [6, 6.07) is 3.83. The molecule has 0 radical (unpaired) electrons. The fraction of sp³-hybridized carbons (Fsp3) is 0.435. The molecular formula is C23H25F8N3O7S3. The third kappa shape index (κ3) is 7.42. The summed E-state index contributed by atoms with van der Waals surface area (Å²) in [6.07, 6.45) is -7.05. The van der Waals surface area contributed by atoms with Crippen LogP contribution in [0.2, 0.25) is 0 Å². The predicted octanol–water partition coefficient (Wildman–Crippen LogP) is 6.27. The molecule has 44 heavy (non-hydrogen) atoms. The highest BCUT2D eigenvalue weighted by molar-refractivity contribution is 8.45. The molecule has 1 aliphatic carbocycles. The average molecular weight is 704 g/mol. The molecule has 0 spiro atoms. The maximum atomic E-state index is 13.6. The Labute approximate surface area is 246 Å². The van der Waals surface area contributed by atoms with Crippen molar-refractivity contribution in [3.8, 4) is 5.75 Å². The number of hydrogen-bond acceptors (Lipinski definition) is 7. The fourth-order valence-electron chi connectivity index (χ4n) is 3.86. The van der Waals surface area contributed by atoms with Crippen LogP contribution in [0.15, 0.2) is 52.3 Å². The van der Waals surface area contributed by atoms with Crippen molar-refractivity contribution in [2.75, 3.05) is 22.7 Å². The molecule has 0 saturated heterocycles. The summed E-state index contributed by atoms with van der Waals surface area (Å²) in [4.78, 5) is 8.49. The van der Waals surface area contributed by atoms with Gasteiger partial charge >= 0.3 is 22.5 Å². The zero-order valence-corrected chi connectivity index (χ0v) is 25.0. The van der Waals surface area contributed by atoms with E-state index in [4.69, 9.17) is 4.74 Å². The van der Waals surface area contributed by atoms with Gasteiger partial charge in [0.1, 0.15) is 16.7 Å². The van der Waals surface area contributed by atoms with E-state index in [1.807, 2.05) is 5.32 Å². The Balaban J connectivity index is 1.71. The zero-order chi connectivity index (χ0) is 33.2. The Morgan fingerprint density at radius 3 is 2.23 bits per heavy atom. The van der Waals surface area contributed by atoms with Crippen molar-refractivity contribution in [3.05, 3.63) is 42.5 Å². The maximum Gasteiger partial charge on any atom is 0.427 e. The first-order valence-electron chi connectivity index (χ1n) is 12.4. The van der Waals surface area contributed by atoms with E-state index in [2.05, 4.69) is 9.46 Å². The van der Waals surface area contributed by atoms with Crippen LogP contribution < -0.4 is 19.1 Å². The quantitative estimate of drug-likeness (QED) is 0.295. The molecule has 0 bridgehead atoms. The average Bonchev–Trinajstić information content (AvgIpc) is 3.71. The first-order valence-corrected chi connectivity index (χ1v) is 17.4. The molecule has 4 rings (SSSR count). The minimum atomic E-state index is -10.3. The number of rotatable bonds is 9. The predicted molar refractivity (Wildman–Crippen MR) is 143 cm³/mol. The van der Waals surface area contributed by atoms with E-state index in [1.165, 1.54) is 0 Å². The smallest absolute Gasteiger partial charge is 0.427 e. The molecule has 1 saturated carbocycles. The number of anilines is 2. The van der Waals surface area contributed by atoms with Gasteiger partial charge in [0.2, 0.25) is 15.6 Å². The third-order valence-corrected chi connectivity index (χ3v) is 11.3. The molecule has 1 heterocycles.